The topological polar surface area (TPSA) is 152 Å². The zero-order chi connectivity index (χ0) is 23.6. The third kappa shape index (κ3) is 4.85. The van der Waals surface area contributed by atoms with Crippen molar-refractivity contribution in [3.63, 3.8) is 0 Å². The largest absolute Gasteiger partial charge is 0.370 e. The first-order valence-electron chi connectivity index (χ1n) is 10.3. The van der Waals surface area contributed by atoms with Gasteiger partial charge in [-0.05, 0) is 36.4 Å². The molecule has 33 heavy (non-hydrogen) atoms. The highest BCUT2D eigenvalue weighted by atomic mass is 32.1. The molecule has 8 N–H and O–H groups in total. The van der Waals surface area contributed by atoms with Crippen molar-refractivity contribution in [3.8, 4) is 0 Å². The van der Waals surface area contributed by atoms with Gasteiger partial charge in [0.15, 0.2) is 5.13 Å². The van der Waals surface area contributed by atoms with E-state index in [9.17, 15) is 9.59 Å². The van der Waals surface area contributed by atoms with E-state index in [2.05, 4.69) is 27.1 Å². The minimum Gasteiger partial charge on any atom is -0.370 e. The van der Waals surface area contributed by atoms with Crippen LogP contribution in [0.4, 0.5) is 22.2 Å². The zero-order valence-electron chi connectivity index (χ0n) is 17.8. The molecule has 9 nitrogen and oxygen atoms in total. The van der Waals surface area contributed by atoms with Crippen LogP contribution in [0.25, 0.3) is 5.70 Å². The molecule has 1 aliphatic heterocycles. The number of nitrogens with two attached hydrogens (primary N) is 3. The van der Waals surface area contributed by atoms with Crippen LogP contribution in [0.1, 0.15) is 28.2 Å². The van der Waals surface area contributed by atoms with Gasteiger partial charge in [0.05, 0.1) is 34.0 Å². The second-order valence-corrected chi connectivity index (χ2v) is 9.59. The lowest BCUT2D eigenvalue weighted by Gasteiger charge is -2.39. The molecule has 0 aliphatic carbocycles. The highest BCUT2D eigenvalue weighted by Crippen LogP contribution is 2.33. The first-order chi connectivity index (χ1) is 15.8. The molecule has 0 bridgehead atoms. The van der Waals surface area contributed by atoms with E-state index in [0.29, 0.717) is 53.0 Å². The van der Waals surface area contributed by atoms with Crippen LogP contribution < -0.4 is 32.7 Å². The van der Waals surface area contributed by atoms with Gasteiger partial charge < -0.3 is 32.7 Å². The van der Waals surface area contributed by atoms with Crippen LogP contribution in [-0.4, -0.2) is 35.4 Å². The molecule has 1 saturated heterocycles. The first kappa shape index (κ1) is 22.8. The Morgan fingerprint density at radius 1 is 1.09 bits per heavy atom. The van der Waals surface area contributed by atoms with Crippen molar-refractivity contribution in [3.05, 3.63) is 58.2 Å². The van der Waals surface area contributed by atoms with Crippen molar-refractivity contribution >= 4 is 62.4 Å². The second kappa shape index (κ2) is 9.22. The highest BCUT2D eigenvalue weighted by molar-refractivity contribution is 7.14. The summed E-state index contributed by atoms with van der Waals surface area (Å²) in [5.41, 5.74) is 19.9. The monoisotopic (exact) mass is 483 g/mol. The number of carbonyl (C=O) groups is 2. The zero-order valence-corrected chi connectivity index (χ0v) is 19.5. The van der Waals surface area contributed by atoms with Gasteiger partial charge in [0.25, 0.3) is 5.91 Å². The molecule has 1 aromatic carbocycles. The Bertz CT molecular complexity index is 1190. The van der Waals surface area contributed by atoms with Gasteiger partial charge >= 0.3 is 0 Å². The number of rotatable bonds is 8. The Morgan fingerprint density at radius 2 is 1.82 bits per heavy atom. The van der Waals surface area contributed by atoms with Crippen molar-refractivity contribution in [1.29, 1.82) is 0 Å². The Hall–Kier alpha value is -3.41. The number of nitrogens with zero attached hydrogens (tertiary/aromatic N) is 2. The minimum absolute atomic E-state index is 0.456. The maximum atomic E-state index is 11.7. The van der Waals surface area contributed by atoms with E-state index in [0.717, 1.165) is 11.4 Å². The van der Waals surface area contributed by atoms with Gasteiger partial charge in [-0.15, -0.1) is 22.7 Å². The van der Waals surface area contributed by atoms with Crippen LogP contribution in [0.3, 0.4) is 0 Å². The Balaban J connectivity index is 1.45. The predicted molar refractivity (Wildman–Crippen MR) is 135 cm³/mol. The molecule has 0 unspecified atom stereocenters. The number of primary amides is 2. The van der Waals surface area contributed by atoms with Gasteiger partial charge in [-0.2, -0.15) is 0 Å². The van der Waals surface area contributed by atoms with Crippen molar-refractivity contribution in [1.82, 2.24) is 4.98 Å². The predicted octanol–water partition coefficient (Wildman–Crippen LogP) is 2.91. The molecule has 0 saturated carbocycles. The molecule has 172 valence electrons. The SMILES string of the molecule is C=C(Nc1ccccc1N1CCC(N)(C(N)=O)CC1)c1csc(Nc2ccsc2C(N)=O)n1. The number of hydrogen-bond donors (Lipinski definition) is 5. The lowest BCUT2D eigenvalue weighted by molar-refractivity contribution is -0.123. The number of para-hydroxylation sites is 2. The molecule has 0 spiro atoms. The highest BCUT2D eigenvalue weighted by Gasteiger charge is 2.36. The number of aromatic nitrogens is 1. The lowest BCUT2D eigenvalue weighted by atomic mass is 9.87. The van der Waals surface area contributed by atoms with Gasteiger partial charge in [0, 0.05) is 18.5 Å². The normalized spacial score (nSPS) is 15.1. The maximum absolute atomic E-state index is 11.7. The second-order valence-electron chi connectivity index (χ2n) is 7.82. The van der Waals surface area contributed by atoms with Crippen molar-refractivity contribution in [2.45, 2.75) is 18.4 Å². The standard InChI is InChI=1S/C22H25N7O2S2/c1-13(16-12-33-21(28-16)27-15-6-11-32-18(15)19(23)30)26-14-4-2-3-5-17(14)29-9-7-22(25,8-10-29)20(24)31/h2-6,11-12,26H,1,7-10,25H2,(H2,23,30)(H2,24,31)(H,27,28). The van der Waals surface area contributed by atoms with E-state index in [1.807, 2.05) is 29.6 Å². The summed E-state index contributed by atoms with van der Waals surface area (Å²) in [7, 11) is 0. The number of thiophene rings is 1. The molecule has 3 heterocycles. The summed E-state index contributed by atoms with van der Waals surface area (Å²) in [6.07, 6.45) is 0.989. The fourth-order valence-corrected chi connectivity index (χ4v) is 5.10. The van der Waals surface area contributed by atoms with Crippen LogP contribution in [0, 0.1) is 0 Å². The molecule has 1 aliphatic rings. The number of nitrogens with one attached hydrogen (secondary N) is 2. The van der Waals surface area contributed by atoms with Crippen LogP contribution >= 0.6 is 22.7 Å². The number of anilines is 4. The molecule has 4 rings (SSSR count). The van der Waals surface area contributed by atoms with Gasteiger partial charge in [0.2, 0.25) is 5.91 Å². The fourth-order valence-electron chi connectivity index (χ4n) is 3.66. The van der Waals surface area contributed by atoms with E-state index in [-0.39, 0.29) is 0 Å². The molecule has 1 fully saturated rings. The molecular weight excluding hydrogens is 458 g/mol. The summed E-state index contributed by atoms with van der Waals surface area (Å²) in [6, 6.07) is 9.68. The molecule has 0 atom stereocenters. The van der Waals surface area contributed by atoms with E-state index in [1.54, 1.807) is 11.4 Å². The number of hydrogen-bond acceptors (Lipinski definition) is 9. The van der Waals surface area contributed by atoms with E-state index in [1.165, 1.54) is 22.7 Å². The van der Waals surface area contributed by atoms with Gasteiger partial charge in [-0.3, -0.25) is 9.59 Å². The first-order valence-corrected chi connectivity index (χ1v) is 12.0. The maximum Gasteiger partial charge on any atom is 0.260 e. The number of thiazole rings is 1. The number of amides is 2. The van der Waals surface area contributed by atoms with Crippen LogP contribution in [0.5, 0.6) is 0 Å². The summed E-state index contributed by atoms with van der Waals surface area (Å²) >= 11 is 2.68. The number of benzene rings is 1. The third-order valence-corrected chi connectivity index (χ3v) is 7.31. The minimum atomic E-state index is -0.955. The Morgan fingerprint density at radius 3 is 2.52 bits per heavy atom. The summed E-state index contributed by atoms with van der Waals surface area (Å²) in [6.45, 7) is 5.39. The van der Waals surface area contributed by atoms with Crippen LogP contribution in [-0.2, 0) is 4.79 Å². The van der Waals surface area contributed by atoms with Crippen LogP contribution in [0.2, 0.25) is 0 Å². The number of carbonyl (C=O) groups excluding carboxylic acids is 2. The van der Waals surface area contributed by atoms with E-state index < -0.39 is 17.4 Å². The lowest BCUT2D eigenvalue weighted by Crippen LogP contribution is -2.58. The molecule has 0 radical (unpaired) electrons. The summed E-state index contributed by atoms with van der Waals surface area (Å²) in [4.78, 5) is 30.4. The van der Waals surface area contributed by atoms with Gasteiger partial charge in [0.1, 0.15) is 4.88 Å². The Labute approximate surface area is 199 Å². The number of piperidine rings is 1. The molecular formula is C22H25N7O2S2. The third-order valence-electron chi connectivity index (χ3n) is 5.62. The average molecular weight is 484 g/mol. The van der Waals surface area contributed by atoms with Crippen LogP contribution in [0.15, 0.2) is 47.7 Å². The van der Waals surface area contributed by atoms with Crippen molar-refractivity contribution in [2.24, 2.45) is 17.2 Å². The van der Waals surface area contributed by atoms with Crippen molar-refractivity contribution in [2.75, 3.05) is 28.6 Å². The van der Waals surface area contributed by atoms with Gasteiger partial charge in [-0.1, -0.05) is 18.7 Å². The molecule has 11 heteroatoms. The van der Waals surface area contributed by atoms with Gasteiger partial charge in [-0.25, -0.2) is 4.98 Å². The average Bonchev–Trinajstić information content (AvgIpc) is 3.45. The molecule has 3 aromatic rings. The summed E-state index contributed by atoms with van der Waals surface area (Å²) < 4.78 is 0. The molecule has 2 aromatic heterocycles. The Kier molecular flexibility index (Phi) is 6.36. The summed E-state index contributed by atoms with van der Waals surface area (Å²) in [5.74, 6) is -0.937. The molecule has 2 amide bonds. The quantitative estimate of drug-likeness (QED) is 0.330. The van der Waals surface area contributed by atoms with Crippen molar-refractivity contribution < 1.29 is 9.59 Å². The summed E-state index contributed by atoms with van der Waals surface area (Å²) in [5, 5.41) is 10.8. The fraction of sp³-hybridized carbons (Fsp3) is 0.227. The van der Waals surface area contributed by atoms with E-state index in [4.69, 9.17) is 17.2 Å². The van der Waals surface area contributed by atoms with E-state index >= 15 is 0 Å². The smallest absolute Gasteiger partial charge is 0.260 e.